The molecule has 0 radical (unpaired) electrons. The van der Waals surface area contributed by atoms with Crippen molar-refractivity contribution >= 4 is 22.5 Å². The molecule has 0 saturated heterocycles. The predicted octanol–water partition coefficient (Wildman–Crippen LogP) is 2.73. The molecule has 1 N–H and O–H groups in total. The number of ether oxygens (including phenoxy) is 2. The van der Waals surface area contributed by atoms with Gasteiger partial charge >= 0.3 is 0 Å². The lowest BCUT2D eigenvalue weighted by Gasteiger charge is -2.06. The number of hydrogen-bond acceptors (Lipinski definition) is 6. The van der Waals surface area contributed by atoms with Gasteiger partial charge < -0.3 is 19.2 Å². The number of carbonyl (C=O) groups excluding carboxylic acids is 1. The maximum absolute atomic E-state index is 12.7. The summed E-state index contributed by atoms with van der Waals surface area (Å²) in [6.45, 7) is 2.12. The van der Waals surface area contributed by atoms with Gasteiger partial charge in [0.15, 0.2) is 22.7 Å². The molecule has 0 aliphatic carbocycles. The quantitative estimate of drug-likeness (QED) is 0.584. The average molecular weight is 366 g/mol. The number of benzene rings is 1. The van der Waals surface area contributed by atoms with Crippen molar-refractivity contribution in [3.05, 3.63) is 53.7 Å². The highest BCUT2D eigenvalue weighted by Gasteiger charge is 2.22. The van der Waals surface area contributed by atoms with Gasteiger partial charge in [-0.1, -0.05) is 0 Å². The van der Waals surface area contributed by atoms with Crippen LogP contribution in [0.25, 0.3) is 16.6 Å². The van der Waals surface area contributed by atoms with E-state index < -0.39 is 0 Å². The molecule has 4 rings (SSSR count). The molecule has 8 heteroatoms. The third-order valence-electron chi connectivity index (χ3n) is 4.45. The molecule has 138 valence electrons. The van der Waals surface area contributed by atoms with Gasteiger partial charge in [-0.2, -0.15) is 5.10 Å². The van der Waals surface area contributed by atoms with E-state index in [9.17, 15) is 4.79 Å². The third kappa shape index (κ3) is 2.75. The maximum atomic E-state index is 12.7. The SMILES string of the molecule is COc1ccc2c(C)c(C(=O)NCc3cnn4cccnc34)oc2c1OC. The third-order valence-corrected chi connectivity index (χ3v) is 4.45. The summed E-state index contributed by atoms with van der Waals surface area (Å²) in [6, 6.07) is 5.43. The molecule has 0 unspecified atom stereocenters. The molecular weight excluding hydrogens is 348 g/mol. The molecule has 0 spiro atoms. The van der Waals surface area contributed by atoms with Crippen LogP contribution in [-0.2, 0) is 6.54 Å². The summed E-state index contributed by atoms with van der Waals surface area (Å²) in [6.07, 6.45) is 5.17. The summed E-state index contributed by atoms with van der Waals surface area (Å²) in [4.78, 5) is 17.0. The van der Waals surface area contributed by atoms with Crippen molar-refractivity contribution in [1.29, 1.82) is 0 Å². The lowest BCUT2D eigenvalue weighted by atomic mass is 10.1. The largest absolute Gasteiger partial charge is 0.493 e. The molecule has 27 heavy (non-hydrogen) atoms. The number of fused-ring (bicyclic) bond motifs is 2. The minimum absolute atomic E-state index is 0.237. The zero-order chi connectivity index (χ0) is 19.0. The molecule has 0 aliphatic heterocycles. The van der Waals surface area contributed by atoms with Gasteiger partial charge in [0.2, 0.25) is 5.75 Å². The van der Waals surface area contributed by atoms with Gasteiger partial charge in [-0.3, -0.25) is 4.79 Å². The van der Waals surface area contributed by atoms with Gasteiger partial charge in [-0.05, 0) is 25.1 Å². The number of furan rings is 1. The van der Waals surface area contributed by atoms with Crippen LogP contribution in [0, 0.1) is 6.92 Å². The highest BCUT2D eigenvalue weighted by atomic mass is 16.5. The summed E-state index contributed by atoms with van der Waals surface area (Å²) in [5.74, 6) is 0.924. The van der Waals surface area contributed by atoms with E-state index in [1.165, 1.54) is 7.11 Å². The van der Waals surface area contributed by atoms with E-state index in [1.807, 2.05) is 13.0 Å². The molecule has 1 amide bonds. The molecule has 3 aromatic heterocycles. The van der Waals surface area contributed by atoms with Crippen molar-refractivity contribution in [1.82, 2.24) is 19.9 Å². The van der Waals surface area contributed by atoms with Gasteiger partial charge in [-0.25, -0.2) is 9.50 Å². The van der Waals surface area contributed by atoms with E-state index in [0.717, 1.165) is 16.5 Å². The van der Waals surface area contributed by atoms with E-state index >= 15 is 0 Å². The molecular formula is C19H18N4O4. The Morgan fingerprint density at radius 2 is 2.15 bits per heavy atom. The van der Waals surface area contributed by atoms with Crippen LogP contribution in [0.1, 0.15) is 21.7 Å². The van der Waals surface area contributed by atoms with Crippen molar-refractivity contribution in [2.24, 2.45) is 0 Å². The summed E-state index contributed by atoms with van der Waals surface area (Å²) >= 11 is 0. The second kappa shape index (κ2) is 6.64. The van der Waals surface area contributed by atoms with Crippen LogP contribution < -0.4 is 14.8 Å². The van der Waals surface area contributed by atoms with Crippen LogP contribution >= 0.6 is 0 Å². The summed E-state index contributed by atoms with van der Waals surface area (Å²) in [7, 11) is 3.09. The molecule has 0 atom stereocenters. The zero-order valence-corrected chi connectivity index (χ0v) is 15.1. The first-order chi connectivity index (χ1) is 13.1. The fraction of sp³-hybridized carbons (Fsp3) is 0.211. The Hall–Kier alpha value is -3.55. The number of carbonyl (C=O) groups is 1. The van der Waals surface area contributed by atoms with Gasteiger partial charge in [0.05, 0.1) is 20.4 Å². The van der Waals surface area contributed by atoms with Crippen LogP contribution in [0.3, 0.4) is 0 Å². The number of amides is 1. The molecule has 0 saturated carbocycles. The van der Waals surface area contributed by atoms with Gasteiger partial charge in [0.1, 0.15) is 0 Å². The van der Waals surface area contributed by atoms with Crippen LogP contribution in [0.15, 0.2) is 41.2 Å². The number of rotatable bonds is 5. The second-order valence-corrected chi connectivity index (χ2v) is 5.97. The molecule has 8 nitrogen and oxygen atoms in total. The Kier molecular flexibility index (Phi) is 4.15. The maximum Gasteiger partial charge on any atom is 0.287 e. The first kappa shape index (κ1) is 16.9. The van der Waals surface area contributed by atoms with Gasteiger partial charge in [0, 0.05) is 35.5 Å². The number of aromatic nitrogens is 3. The molecule has 0 bridgehead atoms. The molecule has 4 aromatic rings. The second-order valence-electron chi connectivity index (χ2n) is 5.97. The Morgan fingerprint density at radius 1 is 1.30 bits per heavy atom. The Bertz CT molecular complexity index is 1150. The van der Waals surface area contributed by atoms with Gasteiger partial charge in [0.25, 0.3) is 5.91 Å². The smallest absolute Gasteiger partial charge is 0.287 e. The van der Waals surface area contributed by atoms with Crippen LogP contribution in [0.2, 0.25) is 0 Å². The van der Waals surface area contributed by atoms with E-state index in [-0.39, 0.29) is 18.2 Å². The first-order valence-electron chi connectivity index (χ1n) is 8.33. The molecule has 0 aliphatic rings. The number of methoxy groups -OCH3 is 2. The van der Waals surface area contributed by atoms with Crippen molar-refractivity contribution in [2.45, 2.75) is 13.5 Å². The van der Waals surface area contributed by atoms with Crippen molar-refractivity contribution in [2.75, 3.05) is 14.2 Å². The van der Waals surface area contributed by atoms with Crippen molar-refractivity contribution in [3.63, 3.8) is 0 Å². The van der Waals surface area contributed by atoms with Crippen molar-refractivity contribution < 1.29 is 18.7 Å². The Labute approximate surface area is 154 Å². The topological polar surface area (TPSA) is 90.9 Å². The highest BCUT2D eigenvalue weighted by molar-refractivity contribution is 6.00. The standard InChI is InChI=1S/C19H18N4O4/c1-11-13-5-6-14(25-2)17(26-3)16(13)27-15(11)19(24)21-9-12-10-22-23-8-4-7-20-18(12)23/h4-8,10H,9H2,1-3H3,(H,21,24). The number of nitrogens with zero attached hydrogens (tertiary/aromatic N) is 3. The summed E-state index contributed by atoms with van der Waals surface area (Å²) < 4.78 is 18.2. The fourth-order valence-electron chi connectivity index (χ4n) is 3.07. The van der Waals surface area contributed by atoms with E-state index in [4.69, 9.17) is 13.9 Å². The summed E-state index contributed by atoms with van der Waals surface area (Å²) in [5.41, 5.74) is 2.74. The first-order valence-corrected chi connectivity index (χ1v) is 8.33. The number of aryl methyl sites for hydroxylation is 1. The number of nitrogens with one attached hydrogen (secondary N) is 1. The van der Waals surface area contributed by atoms with Crippen molar-refractivity contribution in [3.8, 4) is 11.5 Å². The molecule has 0 fully saturated rings. The lowest BCUT2D eigenvalue weighted by Crippen LogP contribution is -2.23. The molecule has 3 heterocycles. The predicted molar refractivity (Wildman–Crippen MR) is 98.2 cm³/mol. The fourth-order valence-corrected chi connectivity index (χ4v) is 3.07. The van der Waals surface area contributed by atoms with Gasteiger partial charge in [-0.15, -0.1) is 0 Å². The summed E-state index contributed by atoms with van der Waals surface area (Å²) in [5, 5.41) is 7.88. The average Bonchev–Trinajstić information content (AvgIpc) is 3.26. The Balaban J connectivity index is 1.63. The van der Waals surface area contributed by atoms with E-state index in [1.54, 1.807) is 42.3 Å². The number of hydrogen-bond donors (Lipinski definition) is 1. The highest BCUT2D eigenvalue weighted by Crippen LogP contribution is 2.39. The lowest BCUT2D eigenvalue weighted by molar-refractivity contribution is 0.0924. The van der Waals surface area contributed by atoms with Crippen LogP contribution in [0.4, 0.5) is 0 Å². The normalized spacial score (nSPS) is 11.1. The molecule has 1 aromatic carbocycles. The van der Waals surface area contributed by atoms with Crippen LogP contribution in [-0.4, -0.2) is 34.7 Å². The van der Waals surface area contributed by atoms with Crippen LogP contribution in [0.5, 0.6) is 11.5 Å². The van der Waals surface area contributed by atoms with E-state index in [2.05, 4.69) is 15.4 Å². The monoisotopic (exact) mass is 366 g/mol. The minimum atomic E-state index is -0.319. The van der Waals surface area contributed by atoms with E-state index in [0.29, 0.717) is 22.7 Å². The zero-order valence-electron chi connectivity index (χ0n) is 15.1. The minimum Gasteiger partial charge on any atom is -0.493 e. The Morgan fingerprint density at radius 3 is 2.93 bits per heavy atom.